The third-order valence-electron chi connectivity index (χ3n) is 11.4. The maximum absolute atomic E-state index is 13.7. The first-order valence-corrected chi connectivity index (χ1v) is 23.1. The predicted molar refractivity (Wildman–Crippen MR) is 252 cm³/mol. The van der Waals surface area contributed by atoms with Crippen molar-refractivity contribution in [2.24, 2.45) is 26.1 Å². The van der Waals surface area contributed by atoms with Crippen molar-refractivity contribution >= 4 is 77.2 Å². The molecule has 4 N–H and O–H groups in total. The fourth-order valence-corrected chi connectivity index (χ4v) is 8.93. The molecule has 0 bridgehead atoms. The summed E-state index contributed by atoms with van der Waals surface area (Å²) in [6.45, 7) is 6.65. The van der Waals surface area contributed by atoms with Gasteiger partial charge in [-0.05, 0) is 67.3 Å². The highest BCUT2D eigenvalue weighted by Crippen LogP contribution is 2.42. The Hall–Kier alpha value is -7.45. The molecule has 354 valence electrons. The first-order valence-electron chi connectivity index (χ1n) is 21.5. The number of aromatic nitrogens is 6. The van der Waals surface area contributed by atoms with Crippen molar-refractivity contribution in [3.8, 4) is 5.75 Å². The number of ketones is 1. The van der Waals surface area contributed by atoms with Gasteiger partial charge in [0, 0.05) is 89.6 Å². The molecule has 1 fully saturated rings. The van der Waals surface area contributed by atoms with E-state index in [1.54, 1.807) is 85.7 Å². The Balaban J connectivity index is 0.832. The number of benzene rings is 2. The Bertz CT molecular complexity index is 3090. The van der Waals surface area contributed by atoms with Crippen molar-refractivity contribution in [1.82, 2.24) is 33.4 Å². The average Bonchev–Trinajstić information content (AvgIpc) is 4.11. The molecule has 2 atom stereocenters. The second kappa shape index (κ2) is 19.4. The number of ether oxygens (including phenoxy) is 2. The highest BCUT2D eigenvalue weighted by molar-refractivity contribution is 7.54. The van der Waals surface area contributed by atoms with Crippen molar-refractivity contribution in [2.75, 3.05) is 49.2 Å². The van der Waals surface area contributed by atoms with Crippen LogP contribution in [-0.2, 0) is 46.2 Å². The Morgan fingerprint density at radius 1 is 0.941 bits per heavy atom. The summed E-state index contributed by atoms with van der Waals surface area (Å²) in [5, 5.41) is 12.8. The number of carbonyl (C=O) groups is 5. The predicted octanol–water partition coefficient (Wildman–Crippen LogP) is 5.58. The van der Waals surface area contributed by atoms with Crippen LogP contribution in [0.5, 0.6) is 5.75 Å². The maximum atomic E-state index is 13.7. The normalized spacial score (nSPS) is 15.2. The summed E-state index contributed by atoms with van der Waals surface area (Å²) in [4.78, 5) is 87.7. The van der Waals surface area contributed by atoms with Crippen LogP contribution < -0.4 is 20.5 Å². The van der Waals surface area contributed by atoms with Crippen LogP contribution in [0.3, 0.4) is 0 Å². The van der Waals surface area contributed by atoms with E-state index < -0.39 is 19.6 Å². The summed E-state index contributed by atoms with van der Waals surface area (Å²) in [5.41, 5.74) is 4.73. The standard InChI is InChI=1S/C46H50N11O10P/c1-27-14-33-22-47-35-20-40(28(2)15-34(35)45(61)56(33)23-27)66-11-7-8-42(59)50-41-26-55(5)43(51-41)39(58)17-29-16-37(53(3)24-29)44(60)49-32-19-38(54(4)25-32)46(62)57-36-18-31(10-9-30(36)21-48-57)52-68(63,64)67-13-12-65-6/h9-10,15-16,18-22,24-26,33H,1,7-8,11-14,17,23H2,2-6H3,(H,49,60)(H,50,59)(H2,52,63,64)/t33-/m0/s1. The minimum Gasteiger partial charge on any atom is -0.493 e. The van der Waals surface area contributed by atoms with Gasteiger partial charge in [-0.1, -0.05) is 12.2 Å². The van der Waals surface area contributed by atoms with Gasteiger partial charge in [-0.2, -0.15) is 9.78 Å². The van der Waals surface area contributed by atoms with Crippen LogP contribution in [0, 0.1) is 6.92 Å². The van der Waals surface area contributed by atoms with Gasteiger partial charge >= 0.3 is 7.75 Å². The summed E-state index contributed by atoms with van der Waals surface area (Å²) < 4.78 is 34.1. The highest BCUT2D eigenvalue weighted by Gasteiger charge is 2.34. The average molecular weight is 948 g/mol. The molecule has 2 aromatic carbocycles. The molecule has 6 aromatic rings. The number of hydrogen-bond donors (Lipinski definition) is 4. The van der Waals surface area contributed by atoms with E-state index in [1.807, 2.05) is 6.92 Å². The number of nitrogens with zero attached hydrogens (tertiary/aromatic N) is 8. The molecule has 21 nitrogen and oxygen atoms in total. The first kappa shape index (κ1) is 47.1. The van der Waals surface area contributed by atoms with Crippen LogP contribution in [0.2, 0.25) is 0 Å². The Morgan fingerprint density at radius 2 is 1.74 bits per heavy atom. The second-order valence-electron chi connectivity index (χ2n) is 16.6. The zero-order valence-electron chi connectivity index (χ0n) is 38.0. The number of Topliss-reactive ketones (excluding diaryl/α,β-unsaturated/α-hetero) is 1. The van der Waals surface area contributed by atoms with Crippen LogP contribution >= 0.6 is 7.75 Å². The molecular formula is C46H50N11O10P. The summed E-state index contributed by atoms with van der Waals surface area (Å²) in [6.07, 6.45) is 9.18. The van der Waals surface area contributed by atoms with E-state index in [0.717, 1.165) is 15.8 Å². The Labute approximate surface area is 390 Å². The molecule has 0 radical (unpaired) electrons. The van der Waals surface area contributed by atoms with E-state index in [1.165, 1.54) is 34.6 Å². The molecule has 22 heteroatoms. The number of fused-ring (bicyclic) bond motifs is 3. The SMILES string of the molecule is C=C1C[C@H]2C=Nc3cc(OCCCC(=O)Nc4cn(C)c(C(=O)Cc5cc(C(=O)Nc6cc(C(=O)n7ncc8ccc(NP(=O)(O)OCCOC)cc87)n(C)c6)n(C)c5)n4)c(C)cc3C(=O)N2C1. The van der Waals surface area contributed by atoms with Crippen molar-refractivity contribution < 1.29 is 47.4 Å². The molecule has 4 aromatic heterocycles. The topological polar surface area (TPSA) is 248 Å². The molecular weight excluding hydrogens is 898 g/mol. The van der Waals surface area contributed by atoms with Gasteiger partial charge in [-0.3, -0.25) is 38.6 Å². The third kappa shape index (κ3) is 10.2. The fraction of sp³-hybridized carbons (Fsp3) is 0.304. The lowest BCUT2D eigenvalue weighted by Crippen LogP contribution is -2.35. The molecule has 68 heavy (non-hydrogen) atoms. The first-order chi connectivity index (χ1) is 32.5. The van der Waals surface area contributed by atoms with E-state index in [0.29, 0.717) is 58.5 Å². The number of rotatable bonds is 18. The largest absolute Gasteiger partial charge is 0.493 e. The fourth-order valence-electron chi connectivity index (χ4n) is 8.08. The smallest absolute Gasteiger partial charge is 0.430 e. The number of carbonyl (C=O) groups excluding carboxylic acids is 5. The molecule has 0 spiro atoms. The summed E-state index contributed by atoms with van der Waals surface area (Å²) in [6, 6.07) is 11.2. The molecule has 0 aliphatic carbocycles. The van der Waals surface area contributed by atoms with Gasteiger partial charge in [0.05, 0.1) is 54.5 Å². The van der Waals surface area contributed by atoms with Gasteiger partial charge in [-0.15, -0.1) is 0 Å². The number of nitrogens with one attached hydrogen (secondary N) is 3. The number of aryl methyl sites for hydroxylation is 4. The van der Waals surface area contributed by atoms with E-state index in [9.17, 15) is 33.4 Å². The monoisotopic (exact) mass is 947 g/mol. The third-order valence-corrected chi connectivity index (χ3v) is 12.5. The van der Waals surface area contributed by atoms with E-state index in [4.69, 9.17) is 14.0 Å². The molecule has 2 aliphatic heterocycles. The lowest BCUT2D eigenvalue weighted by atomic mass is 10.1. The number of aliphatic imine (C=N–C) groups is 1. The molecule has 8 rings (SSSR count). The molecule has 3 amide bonds. The van der Waals surface area contributed by atoms with Gasteiger partial charge in [0.15, 0.2) is 11.6 Å². The van der Waals surface area contributed by atoms with Gasteiger partial charge in [0.25, 0.3) is 17.7 Å². The lowest BCUT2D eigenvalue weighted by Gasteiger charge is -2.20. The summed E-state index contributed by atoms with van der Waals surface area (Å²) in [7, 11) is 2.17. The summed E-state index contributed by atoms with van der Waals surface area (Å²) >= 11 is 0. The zero-order valence-corrected chi connectivity index (χ0v) is 38.9. The number of hydrogen-bond acceptors (Lipinski definition) is 12. The van der Waals surface area contributed by atoms with Gasteiger partial charge in [0.1, 0.15) is 17.1 Å². The molecule has 2 aliphatic rings. The minimum absolute atomic E-state index is 0.0807. The van der Waals surface area contributed by atoms with Gasteiger partial charge in [0.2, 0.25) is 11.7 Å². The minimum atomic E-state index is -4.23. The van der Waals surface area contributed by atoms with E-state index in [2.05, 4.69) is 37.4 Å². The van der Waals surface area contributed by atoms with Crippen molar-refractivity contribution in [3.05, 3.63) is 113 Å². The number of anilines is 3. The van der Waals surface area contributed by atoms with Gasteiger partial charge < -0.3 is 43.6 Å². The quantitative estimate of drug-likeness (QED) is 0.0356. The van der Waals surface area contributed by atoms with Crippen LogP contribution in [0.25, 0.3) is 10.9 Å². The number of amides is 3. The zero-order chi connectivity index (χ0) is 48.4. The second-order valence-corrected chi connectivity index (χ2v) is 18.2. The Kier molecular flexibility index (Phi) is 13.4. The molecule has 1 unspecified atom stereocenters. The van der Waals surface area contributed by atoms with Gasteiger partial charge in [-0.25, -0.2) is 9.55 Å². The van der Waals surface area contributed by atoms with E-state index >= 15 is 0 Å². The molecule has 6 heterocycles. The van der Waals surface area contributed by atoms with Crippen LogP contribution in [-0.4, -0.2) is 113 Å². The Morgan fingerprint density at radius 3 is 2.53 bits per heavy atom. The van der Waals surface area contributed by atoms with Crippen molar-refractivity contribution in [1.29, 1.82) is 0 Å². The number of methoxy groups -OCH3 is 1. The van der Waals surface area contributed by atoms with Crippen LogP contribution in [0.1, 0.15) is 72.3 Å². The van der Waals surface area contributed by atoms with Crippen molar-refractivity contribution in [3.63, 3.8) is 0 Å². The maximum Gasteiger partial charge on any atom is 0.430 e. The van der Waals surface area contributed by atoms with Crippen molar-refractivity contribution in [2.45, 2.75) is 38.6 Å². The molecule has 0 saturated carbocycles. The molecule has 1 saturated heterocycles. The summed E-state index contributed by atoms with van der Waals surface area (Å²) in [5.74, 6) is -0.845. The van der Waals surface area contributed by atoms with Crippen LogP contribution in [0.4, 0.5) is 22.9 Å². The lowest BCUT2D eigenvalue weighted by molar-refractivity contribution is -0.116. The van der Waals surface area contributed by atoms with E-state index in [-0.39, 0.29) is 85.0 Å². The van der Waals surface area contributed by atoms with Crippen LogP contribution in [0.15, 0.2) is 84.4 Å². The highest BCUT2D eigenvalue weighted by atomic mass is 31.2. The number of imidazole rings is 1.